The normalized spacial score (nSPS) is 15.2. The Morgan fingerprint density at radius 1 is 1.21 bits per heavy atom. The molecule has 14 heteroatoms. The summed E-state index contributed by atoms with van der Waals surface area (Å²) in [4.78, 5) is 17.3. The van der Waals surface area contributed by atoms with E-state index in [1.807, 2.05) is 4.68 Å². The molecule has 1 saturated heterocycles. The Morgan fingerprint density at radius 3 is 2.92 bits per heavy atom. The highest BCUT2D eigenvalue weighted by Crippen LogP contribution is 2.39. The van der Waals surface area contributed by atoms with Crippen LogP contribution in [0.3, 0.4) is 0 Å². The second-order valence-corrected chi connectivity index (χ2v) is 8.91. The quantitative estimate of drug-likeness (QED) is 0.309. The number of ether oxygens (including phenoxy) is 2. The lowest BCUT2D eigenvalue weighted by molar-refractivity contribution is -0.0494. The molecular formula is C25H23F2N9O3. The molecule has 0 saturated carbocycles. The van der Waals surface area contributed by atoms with Crippen molar-refractivity contribution in [2.45, 2.75) is 19.1 Å². The molecule has 6 rings (SSSR count). The molecule has 0 unspecified atom stereocenters. The van der Waals surface area contributed by atoms with Crippen LogP contribution in [0.4, 0.5) is 14.5 Å². The van der Waals surface area contributed by atoms with Crippen molar-refractivity contribution in [3.05, 3.63) is 67.0 Å². The predicted molar refractivity (Wildman–Crippen MR) is 135 cm³/mol. The van der Waals surface area contributed by atoms with E-state index in [-0.39, 0.29) is 34.3 Å². The van der Waals surface area contributed by atoms with Crippen molar-refractivity contribution in [3.63, 3.8) is 0 Å². The van der Waals surface area contributed by atoms with Gasteiger partial charge in [0.1, 0.15) is 22.8 Å². The molecule has 4 aromatic heterocycles. The van der Waals surface area contributed by atoms with Gasteiger partial charge >= 0.3 is 6.61 Å². The summed E-state index contributed by atoms with van der Waals surface area (Å²) in [6.45, 7) is -1.32. The van der Waals surface area contributed by atoms with Crippen LogP contribution in [0.2, 0.25) is 0 Å². The average molecular weight is 536 g/mol. The van der Waals surface area contributed by atoms with Gasteiger partial charge in [-0.15, -0.1) is 0 Å². The van der Waals surface area contributed by atoms with Crippen molar-refractivity contribution in [3.8, 4) is 28.5 Å². The molecule has 1 aromatic carbocycles. The Kier molecular flexibility index (Phi) is 6.36. The molecule has 5 aromatic rings. The van der Waals surface area contributed by atoms with Gasteiger partial charge in [-0.25, -0.2) is 9.50 Å². The van der Waals surface area contributed by atoms with Gasteiger partial charge in [0.25, 0.3) is 5.91 Å². The lowest BCUT2D eigenvalue weighted by atomic mass is 10.1. The predicted octanol–water partition coefficient (Wildman–Crippen LogP) is 3.51. The molecule has 200 valence electrons. The number of hydrogen-bond donors (Lipinski definition) is 2. The first kappa shape index (κ1) is 24.5. The van der Waals surface area contributed by atoms with Crippen LogP contribution in [-0.2, 0) is 7.05 Å². The fraction of sp³-hybridized carbons (Fsp3) is 0.240. The number of rotatable bonds is 8. The zero-order valence-electron chi connectivity index (χ0n) is 20.7. The molecular weight excluding hydrogens is 512 g/mol. The summed E-state index contributed by atoms with van der Waals surface area (Å²) < 4.78 is 42.1. The Labute approximate surface area is 220 Å². The van der Waals surface area contributed by atoms with Gasteiger partial charge in [0, 0.05) is 32.2 Å². The van der Waals surface area contributed by atoms with Crippen LogP contribution < -0.4 is 20.1 Å². The number of nitrogens with one attached hydrogen (secondary N) is 2. The highest BCUT2D eigenvalue weighted by molar-refractivity contribution is 6.09. The molecule has 1 aliphatic heterocycles. The molecule has 2 N–H and O–H groups in total. The van der Waals surface area contributed by atoms with E-state index < -0.39 is 12.5 Å². The largest absolute Gasteiger partial charge is 0.454 e. The Balaban J connectivity index is 1.32. The molecule has 5 heterocycles. The Morgan fingerprint density at radius 2 is 2.10 bits per heavy atom. The fourth-order valence-corrected chi connectivity index (χ4v) is 4.49. The van der Waals surface area contributed by atoms with Gasteiger partial charge in [0.2, 0.25) is 0 Å². The second-order valence-electron chi connectivity index (χ2n) is 8.91. The van der Waals surface area contributed by atoms with Gasteiger partial charge in [-0.3, -0.25) is 14.2 Å². The number of benzene rings is 1. The minimum atomic E-state index is -3.07. The van der Waals surface area contributed by atoms with E-state index in [4.69, 9.17) is 9.47 Å². The monoisotopic (exact) mass is 535 g/mol. The number of nitrogens with zero attached hydrogens (tertiary/aromatic N) is 7. The maximum absolute atomic E-state index is 13.3. The first-order chi connectivity index (χ1) is 18.9. The third-order valence-electron chi connectivity index (χ3n) is 6.25. The summed E-state index contributed by atoms with van der Waals surface area (Å²) in [5.41, 5.74) is 1.29. The topological polar surface area (TPSA) is 125 Å². The maximum atomic E-state index is 13.3. The number of alkyl halides is 2. The lowest BCUT2D eigenvalue weighted by Crippen LogP contribution is -2.13. The number of aromatic nitrogens is 7. The van der Waals surface area contributed by atoms with Crippen LogP contribution >= 0.6 is 0 Å². The number of anilines is 1. The van der Waals surface area contributed by atoms with Crippen LogP contribution in [0.25, 0.3) is 16.9 Å². The minimum Gasteiger partial charge on any atom is -0.454 e. The number of amides is 1. The van der Waals surface area contributed by atoms with Crippen LogP contribution in [0, 0.1) is 0 Å². The summed E-state index contributed by atoms with van der Waals surface area (Å²) in [7, 11) is 1.65. The highest BCUT2D eigenvalue weighted by atomic mass is 19.3. The second kappa shape index (κ2) is 10.1. The van der Waals surface area contributed by atoms with Crippen LogP contribution in [0.15, 0.2) is 61.4 Å². The molecule has 12 nitrogen and oxygen atoms in total. The number of fused-ring (bicyclic) bond motifs is 1. The number of halogens is 2. The molecule has 1 atom stereocenters. The van der Waals surface area contributed by atoms with Crippen molar-refractivity contribution in [2.75, 3.05) is 18.4 Å². The summed E-state index contributed by atoms with van der Waals surface area (Å²) in [5.74, 6) is 0.225. The molecule has 0 aliphatic carbocycles. The van der Waals surface area contributed by atoms with Crippen LogP contribution in [0.5, 0.6) is 17.2 Å². The van der Waals surface area contributed by atoms with Crippen molar-refractivity contribution >= 4 is 17.2 Å². The first-order valence-electron chi connectivity index (χ1n) is 12.1. The minimum absolute atomic E-state index is 0.128. The highest BCUT2D eigenvalue weighted by Gasteiger charge is 2.23. The van der Waals surface area contributed by atoms with E-state index in [0.717, 1.165) is 19.5 Å². The van der Waals surface area contributed by atoms with E-state index in [9.17, 15) is 13.6 Å². The third kappa shape index (κ3) is 5.01. The summed E-state index contributed by atoms with van der Waals surface area (Å²) in [6, 6.07) is 6.35. The first-order valence-corrected chi connectivity index (χ1v) is 12.1. The number of hydrogen-bond acceptors (Lipinski definition) is 8. The van der Waals surface area contributed by atoms with Gasteiger partial charge in [-0.1, -0.05) is 0 Å². The summed E-state index contributed by atoms with van der Waals surface area (Å²) >= 11 is 0. The molecule has 0 radical (unpaired) electrons. The van der Waals surface area contributed by atoms with Crippen LogP contribution in [-0.4, -0.2) is 59.8 Å². The van der Waals surface area contributed by atoms with E-state index >= 15 is 0 Å². The fourth-order valence-electron chi connectivity index (χ4n) is 4.49. The number of carbonyl (C=O) groups is 1. The zero-order chi connectivity index (χ0) is 26.9. The van der Waals surface area contributed by atoms with Gasteiger partial charge < -0.3 is 20.1 Å². The van der Waals surface area contributed by atoms with Gasteiger partial charge in [0.05, 0.1) is 35.9 Å². The smallest absolute Gasteiger partial charge is 0.387 e. The standard InChI is InChI=1S/C25H23F2N9O3/c1-34-14-20(32-24(37)19-12-31-35-8-2-6-29-23(19)35)22(33-34)18-9-16(3-4-21(18)39-25(26)27)38-17-11-30-36(13-17)15-5-7-28-10-15/h2-4,6,8-9,11-15,25,28H,5,7,10H2,1H3,(H,32,37)/t15-/m1/s1. The number of aryl methyl sites for hydroxylation is 1. The molecule has 1 fully saturated rings. The van der Waals surface area contributed by atoms with Crippen molar-refractivity contribution in [1.82, 2.24) is 39.5 Å². The van der Waals surface area contributed by atoms with Gasteiger partial charge in [-0.2, -0.15) is 24.1 Å². The number of carbonyl (C=O) groups excluding carboxylic acids is 1. The molecule has 0 spiro atoms. The van der Waals surface area contributed by atoms with Crippen molar-refractivity contribution in [2.24, 2.45) is 7.05 Å². The van der Waals surface area contributed by atoms with E-state index in [0.29, 0.717) is 17.1 Å². The Bertz CT molecular complexity index is 1640. The third-order valence-corrected chi connectivity index (χ3v) is 6.25. The molecule has 0 bridgehead atoms. The molecule has 1 aliphatic rings. The SMILES string of the molecule is Cn1cc(NC(=O)c2cnn3cccnc23)c(-c2cc(Oc3cnn([C@@H]4CCNC4)c3)ccc2OC(F)F)n1. The lowest BCUT2D eigenvalue weighted by Gasteiger charge is -2.13. The van der Waals surface area contributed by atoms with Crippen LogP contribution in [0.1, 0.15) is 22.8 Å². The van der Waals surface area contributed by atoms with Crippen molar-refractivity contribution in [1.29, 1.82) is 0 Å². The molecule has 1 amide bonds. The van der Waals surface area contributed by atoms with Gasteiger partial charge in [0.15, 0.2) is 11.4 Å². The van der Waals surface area contributed by atoms with Crippen molar-refractivity contribution < 1.29 is 23.0 Å². The van der Waals surface area contributed by atoms with E-state index in [1.54, 1.807) is 44.1 Å². The Hall–Kier alpha value is -4.85. The molecule has 39 heavy (non-hydrogen) atoms. The van der Waals surface area contributed by atoms with E-state index in [1.165, 1.54) is 33.6 Å². The van der Waals surface area contributed by atoms with E-state index in [2.05, 4.69) is 30.9 Å². The maximum Gasteiger partial charge on any atom is 0.387 e. The van der Waals surface area contributed by atoms with Gasteiger partial charge in [-0.05, 0) is 37.2 Å². The average Bonchev–Trinajstić information content (AvgIpc) is 3.71. The summed E-state index contributed by atoms with van der Waals surface area (Å²) in [6.07, 6.45) is 10.5. The zero-order valence-corrected chi connectivity index (χ0v) is 20.7. The summed E-state index contributed by atoms with van der Waals surface area (Å²) in [5, 5.41) is 19.0.